The maximum atomic E-state index is 10.7. The fraction of sp³-hybridized carbons (Fsp3) is 0.214. The van der Waals surface area contributed by atoms with Crippen LogP contribution in [0.25, 0.3) is 0 Å². The first kappa shape index (κ1) is 13.1. The maximum Gasteiger partial charge on any atom is 0.242 e. The van der Waals surface area contributed by atoms with Gasteiger partial charge in [-0.1, -0.05) is 18.2 Å². The van der Waals surface area contributed by atoms with Crippen molar-refractivity contribution in [2.75, 3.05) is 7.11 Å². The summed E-state index contributed by atoms with van der Waals surface area (Å²) in [5, 5.41) is 10.7. The predicted octanol–water partition coefficient (Wildman–Crippen LogP) is 2.52. The monoisotopic (exact) mass is 260 g/mol. The molecule has 0 bridgehead atoms. The van der Waals surface area contributed by atoms with Crippen LogP contribution in [0.15, 0.2) is 48.3 Å². The van der Waals surface area contributed by atoms with Gasteiger partial charge in [-0.25, -0.2) is 0 Å². The lowest BCUT2D eigenvalue weighted by molar-refractivity contribution is -0.500. The number of hydrogen-bond donors (Lipinski definition) is 0. The number of benzene rings is 1. The van der Waals surface area contributed by atoms with Gasteiger partial charge in [0.05, 0.1) is 7.11 Å². The first-order chi connectivity index (χ1) is 9.19. The molecule has 0 saturated carbocycles. The lowest BCUT2D eigenvalue weighted by atomic mass is 10.1. The van der Waals surface area contributed by atoms with Gasteiger partial charge < -0.3 is 9.47 Å². The quantitative estimate of drug-likeness (QED) is 0.603. The van der Waals surface area contributed by atoms with Gasteiger partial charge in [-0.3, -0.25) is 10.1 Å². The molecule has 1 aliphatic carbocycles. The molecule has 19 heavy (non-hydrogen) atoms. The summed E-state index contributed by atoms with van der Waals surface area (Å²) in [6.45, 7) is 0.366. The third kappa shape index (κ3) is 3.58. The fourth-order valence-electron chi connectivity index (χ4n) is 1.66. The Morgan fingerprint density at radius 2 is 2.05 bits per heavy atom. The third-order valence-corrected chi connectivity index (χ3v) is 2.71. The summed E-state index contributed by atoms with van der Waals surface area (Å²) in [5.41, 5.74) is 0.974. The number of methoxy groups -OCH3 is 1. The summed E-state index contributed by atoms with van der Waals surface area (Å²) in [6.07, 6.45) is 6.35. The highest BCUT2D eigenvalue weighted by Gasteiger charge is 2.22. The minimum atomic E-state index is -0.809. The molecule has 99 valence electrons. The fourth-order valence-corrected chi connectivity index (χ4v) is 1.66. The van der Waals surface area contributed by atoms with Gasteiger partial charge >= 0.3 is 0 Å². The Labute approximate surface area is 111 Å². The molecule has 0 heterocycles. The highest BCUT2D eigenvalue weighted by Crippen LogP contribution is 2.18. The van der Waals surface area contributed by atoms with Gasteiger partial charge in [0.15, 0.2) is 0 Å². The Morgan fingerprint density at radius 3 is 2.68 bits per heavy atom. The van der Waals surface area contributed by atoms with Crippen LogP contribution in [0, 0.1) is 16.5 Å². The first-order valence-corrected chi connectivity index (χ1v) is 5.81. The van der Waals surface area contributed by atoms with Crippen molar-refractivity contribution in [2.24, 2.45) is 0 Å². The van der Waals surface area contributed by atoms with Crippen molar-refractivity contribution >= 4 is 0 Å². The standard InChI is InChI=1S/C14H14NO4/c1-18-13-7-5-11(6-8-13)10-19-14-4-2-3-12(9-14)15(16)17/h2-9,12H,10H2,1H3. The molecular weight excluding hydrogens is 246 g/mol. The molecule has 5 nitrogen and oxygen atoms in total. The molecule has 1 atom stereocenters. The van der Waals surface area contributed by atoms with E-state index in [4.69, 9.17) is 9.47 Å². The number of hydrogen-bond acceptors (Lipinski definition) is 4. The second-order valence-corrected chi connectivity index (χ2v) is 4.03. The van der Waals surface area contributed by atoms with Crippen LogP contribution in [0.4, 0.5) is 0 Å². The van der Waals surface area contributed by atoms with E-state index < -0.39 is 6.04 Å². The summed E-state index contributed by atoms with van der Waals surface area (Å²) < 4.78 is 10.6. The topological polar surface area (TPSA) is 61.6 Å². The molecule has 1 aromatic carbocycles. The Bertz CT molecular complexity index is 505. The molecule has 1 aromatic rings. The third-order valence-electron chi connectivity index (χ3n) is 2.71. The Hall–Kier alpha value is -2.30. The van der Waals surface area contributed by atoms with Crippen molar-refractivity contribution in [3.63, 3.8) is 0 Å². The number of nitrogens with zero attached hydrogens (tertiary/aromatic N) is 1. The highest BCUT2D eigenvalue weighted by molar-refractivity contribution is 5.28. The number of nitro groups is 1. The van der Waals surface area contributed by atoms with Gasteiger partial charge in [-0.15, -0.1) is 0 Å². The first-order valence-electron chi connectivity index (χ1n) is 5.81. The average Bonchev–Trinajstić information content (AvgIpc) is 2.46. The van der Waals surface area contributed by atoms with Crippen molar-refractivity contribution in [3.05, 3.63) is 70.4 Å². The molecule has 0 aliphatic heterocycles. The van der Waals surface area contributed by atoms with E-state index in [1.165, 1.54) is 12.5 Å². The second-order valence-electron chi connectivity index (χ2n) is 4.03. The molecular formula is C14H14NO4. The zero-order valence-corrected chi connectivity index (χ0v) is 10.5. The minimum absolute atomic E-state index is 0.361. The van der Waals surface area contributed by atoms with Crippen molar-refractivity contribution < 1.29 is 14.4 Å². The summed E-state index contributed by atoms with van der Waals surface area (Å²) in [6, 6.07) is 6.66. The van der Waals surface area contributed by atoms with E-state index in [1.807, 2.05) is 24.3 Å². The molecule has 0 N–H and O–H groups in total. The van der Waals surface area contributed by atoms with Crippen LogP contribution in [-0.2, 0) is 11.3 Å². The molecule has 0 saturated heterocycles. The van der Waals surface area contributed by atoms with Crippen LogP contribution in [0.1, 0.15) is 5.56 Å². The molecule has 1 aliphatic rings. The minimum Gasteiger partial charge on any atom is -0.497 e. The van der Waals surface area contributed by atoms with Crippen LogP contribution >= 0.6 is 0 Å². The van der Waals surface area contributed by atoms with Crippen LogP contribution in [0.2, 0.25) is 0 Å². The average molecular weight is 260 g/mol. The summed E-state index contributed by atoms with van der Waals surface area (Å²) in [7, 11) is 1.61. The van der Waals surface area contributed by atoms with E-state index in [9.17, 15) is 10.1 Å². The molecule has 0 amide bonds. The second kappa shape index (κ2) is 6.04. The van der Waals surface area contributed by atoms with Gasteiger partial charge in [-0.2, -0.15) is 0 Å². The maximum absolute atomic E-state index is 10.7. The lowest BCUT2D eigenvalue weighted by Gasteiger charge is -2.14. The lowest BCUT2D eigenvalue weighted by Crippen LogP contribution is -2.20. The summed E-state index contributed by atoms with van der Waals surface area (Å²) in [4.78, 5) is 10.3. The van der Waals surface area contributed by atoms with E-state index in [2.05, 4.69) is 0 Å². The van der Waals surface area contributed by atoms with Crippen LogP contribution in [-0.4, -0.2) is 18.1 Å². The summed E-state index contributed by atoms with van der Waals surface area (Å²) in [5.74, 6) is 1.29. The van der Waals surface area contributed by atoms with Gasteiger partial charge in [0.25, 0.3) is 0 Å². The molecule has 0 aromatic heterocycles. The molecule has 1 radical (unpaired) electrons. The van der Waals surface area contributed by atoms with Gasteiger partial charge in [0, 0.05) is 4.92 Å². The zero-order valence-electron chi connectivity index (χ0n) is 10.5. The van der Waals surface area contributed by atoms with Crippen molar-refractivity contribution in [1.82, 2.24) is 0 Å². The Balaban J connectivity index is 1.90. The predicted molar refractivity (Wildman–Crippen MR) is 70.1 cm³/mol. The van der Waals surface area contributed by atoms with E-state index in [0.29, 0.717) is 12.4 Å². The van der Waals surface area contributed by atoms with Crippen LogP contribution < -0.4 is 4.74 Å². The molecule has 5 heteroatoms. The van der Waals surface area contributed by atoms with Crippen LogP contribution in [0.5, 0.6) is 5.75 Å². The molecule has 0 spiro atoms. The Morgan fingerprint density at radius 1 is 1.32 bits per heavy atom. The number of allylic oxidation sites excluding steroid dienone is 2. The normalized spacial score (nSPS) is 17.7. The van der Waals surface area contributed by atoms with Crippen molar-refractivity contribution in [2.45, 2.75) is 12.6 Å². The smallest absolute Gasteiger partial charge is 0.242 e. The molecule has 1 unspecified atom stereocenters. The van der Waals surface area contributed by atoms with E-state index in [-0.39, 0.29) is 4.92 Å². The number of ether oxygens (including phenoxy) is 2. The SMILES string of the molecule is COc1ccc(COC2=CC=CC([N+](=O)[O-])[CH]2)cc1. The largest absolute Gasteiger partial charge is 0.497 e. The Kier molecular flexibility index (Phi) is 4.18. The molecule has 0 fully saturated rings. The number of rotatable bonds is 5. The van der Waals surface area contributed by atoms with E-state index in [1.54, 1.807) is 19.3 Å². The van der Waals surface area contributed by atoms with Crippen molar-refractivity contribution in [1.29, 1.82) is 0 Å². The van der Waals surface area contributed by atoms with E-state index >= 15 is 0 Å². The van der Waals surface area contributed by atoms with Crippen molar-refractivity contribution in [3.8, 4) is 5.75 Å². The van der Waals surface area contributed by atoms with Gasteiger partial charge in [-0.05, 0) is 29.8 Å². The zero-order chi connectivity index (χ0) is 13.7. The van der Waals surface area contributed by atoms with Crippen LogP contribution in [0.3, 0.4) is 0 Å². The van der Waals surface area contributed by atoms with Gasteiger partial charge in [0.1, 0.15) is 24.5 Å². The highest BCUT2D eigenvalue weighted by atomic mass is 16.6. The molecule has 2 rings (SSSR count). The summed E-state index contributed by atoms with van der Waals surface area (Å²) >= 11 is 0. The van der Waals surface area contributed by atoms with Gasteiger partial charge in [0.2, 0.25) is 6.04 Å². The van der Waals surface area contributed by atoms with E-state index in [0.717, 1.165) is 11.3 Å².